The molecule has 0 aromatic carbocycles. The van der Waals surface area contributed by atoms with Gasteiger partial charge in [-0.2, -0.15) is 0 Å². The van der Waals surface area contributed by atoms with Crippen molar-refractivity contribution in [3.63, 3.8) is 0 Å². The van der Waals surface area contributed by atoms with Crippen molar-refractivity contribution in [1.29, 1.82) is 0 Å². The number of fused-ring (bicyclic) bond motifs is 1. The van der Waals surface area contributed by atoms with E-state index in [1.165, 1.54) is 16.8 Å². The van der Waals surface area contributed by atoms with Crippen molar-refractivity contribution < 1.29 is 0 Å². The Morgan fingerprint density at radius 3 is 2.28 bits per heavy atom. The van der Waals surface area contributed by atoms with Gasteiger partial charge in [-0.3, -0.25) is 9.88 Å². The first-order valence-electron chi connectivity index (χ1n) is 6.91. The minimum absolute atomic E-state index is 0.149. The highest BCUT2D eigenvalue weighted by Gasteiger charge is 2.27. The molecule has 0 aliphatic carbocycles. The van der Waals surface area contributed by atoms with Crippen molar-refractivity contribution in [1.82, 2.24) is 9.88 Å². The first-order chi connectivity index (χ1) is 8.18. The van der Waals surface area contributed by atoms with Crippen LogP contribution in [0.2, 0.25) is 0 Å². The maximum atomic E-state index is 4.65. The van der Waals surface area contributed by atoms with Crippen LogP contribution in [0.5, 0.6) is 0 Å². The Balaban J connectivity index is 2.27. The molecule has 0 atom stereocenters. The smallest absolute Gasteiger partial charge is 0.0460 e. The molecule has 0 spiro atoms. The number of aromatic nitrogens is 1. The molecule has 2 heteroatoms. The summed E-state index contributed by atoms with van der Waals surface area (Å²) in [5, 5.41) is 0. The molecule has 2 heterocycles. The van der Waals surface area contributed by atoms with Gasteiger partial charge < -0.3 is 0 Å². The van der Waals surface area contributed by atoms with Gasteiger partial charge in [-0.25, -0.2) is 0 Å². The topological polar surface area (TPSA) is 16.1 Å². The minimum atomic E-state index is 0.149. The van der Waals surface area contributed by atoms with E-state index in [1.807, 2.05) is 0 Å². The van der Waals surface area contributed by atoms with E-state index in [1.54, 1.807) is 0 Å². The molecule has 2 nitrogen and oxygen atoms in total. The van der Waals surface area contributed by atoms with Gasteiger partial charge in [-0.1, -0.05) is 20.8 Å². The zero-order valence-electron chi connectivity index (χ0n) is 12.7. The number of rotatable bonds is 0. The Hall–Kier alpha value is -0.890. The van der Waals surface area contributed by atoms with E-state index in [-0.39, 0.29) is 11.0 Å². The Labute approximate surface area is 111 Å². The SMILES string of the molecule is CC(C)(C)c1cc2c(cn1)CN(C(C)(C)C)CC2. The van der Waals surface area contributed by atoms with Crippen LogP contribution in [-0.4, -0.2) is 22.0 Å². The fourth-order valence-electron chi connectivity index (χ4n) is 2.42. The second-order valence-corrected chi connectivity index (χ2v) is 7.43. The molecule has 0 bridgehead atoms. The van der Waals surface area contributed by atoms with E-state index in [0.29, 0.717) is 0 Å². The summed E-state index contributed by atoms with van der Waals surface area (Å²) in [6.07, 6.45) is 3.24. The van der Waals surface area contributed by atoms with Gasteiger partial charge in [0.15, 0.2) is 0 Å². The zero-order valence-corrected chi connectivity index (χ0v) is 12.7. The van der Waals surface area contributed by atoms with Crippen LogP contribution in [-0.2, 0) is 18.4 Å². The molecule has 0 radical (unpaired) electrons. The van der Waals surface area contributed by atoms with Crippen molar-refractivity contribution >= 4 is 0 Å². The Kier molecular flexibility index (Phi) is 3.26. The average molecular weight is 246 g/mol. The molecule has 0 N–H and O–H groups in total. The van der Waals surface area contributed by atoms with Crippen LogP contribution in [0, 0.1) is 0 Å². The lowest BCUT2D eigenvalue weighted by atomic mass is 9.88. The van der Waals surface area contributed by atoms with Gasteiger partial charge in [0.05, 0.1) is 0 Å². The molecule has 1 aromatic rings. The average Bonchev–Trinajstić information content (AvgIpc) is 2.25. The van der Waals surface area contributed by atoms with Crippen molar-refractivity contribution in [2.24, 2.45) is 0 Å². The lowest BCUT2D eigenvalue weighted by molar-refractivity contribution is 0.120. The Morgan fingerprint density at radius 1 is 1.06 bits per heavy atom. The molecular formula is C16H26N2. The fraction of sp³-hybridized carbons (Fsp3) is 0.688. The number of hydrogen-bond acceptors (Lipinski definition) is 2. The Bertz CT molecular complexity index is 435. The molecule has 18 heavy (non-hydrogen) atoms. The van der Waals surface area contributed by atoms with Crippen LogP contribution in [0.25, 0.3) is 0 Å². The predicted molar refractivity (Wildman–Crippen MR) is 76.8 cm³/mol. The fourth-order valence-corrected chi connectivity index (χ4v) is 2.42. The third-order valence-corrected chi connectivity index (χ3v) is 3.81. The molecule has 2 rings (SSSR count). The minimum Gasteiger partial charge on any atom is -0.294 e. The molecule has 0 fully saturated rings. The van der Waals surface area contributed by atoms with E-state index < -0.39 is 0 Å². The maximum Gasteiger partial charge on any atom is 0.0460 e. The molecule has 1 aliphatic rings. The quantitative estimate of drug-likeness (QED) is 0.696. The van der Waals surface area contributed by atoms with E-state index >= 15 is 0 Å². The van der Waals surface area contributed by atoms with Gasteiger partial charge in [0, 0.05) is 35.9 Å². The van der Waals surface area contributed by atoms with E-state index in [2.05, 4.69) is 63.7 Å². The first kappa shape index (κ1) is 13.5. The van der Waals surface area contributed by atoms with E-state index in [9.17, 15) is 0 Å². The van der Waals surface area contributed by atoms with E-state index in [0.717, 1.165) is 19.5 Å². The maximum absolute atomic E-state index is 4.65. The van der Waals surface area contributed by atoms with Crippen LogP contribution in [0.3, 0.4) is 0 Å². The van der Waals surface area contributed by atoms with Gasteiger partial charge in [0.25, 0.3) is 0 Å². The molecule has 100 valence electrons. The summed E-state index contributed by atoms with van der Waals surface area (Å²) in [6.45, 7) is 15.7. The largest absolute Gasteiger partial charge is 0.294 e. The van der Waals surface area contributed by atoms with Crippen LogP contribution in [0.4, 0.5) is 0 Å². The lowest BCUT2D eigenvalue weighted by Crippen LogP contribution is -2.44. The summed E-state index contributed by atoms with van der Waals surface area (Å²) in [5.41, 5.74) is 4.52. The standard InChI is InChI=1S/C16H26N2/c1-15(2,3)14-9-12-7-8-18(16(4,5)6)11-13(12)10-17-14/h9-10H,7-8,11H2,1-6H3. The number of pyridine rings is 1. The van der Waals surface area contributed by atoms with Crippen molar-refractivity contribution in [3.05, 3.63) is 29.1 Å². The third-order valence-electron chi connectivity index (χ3n) is 3.81. The monoisotopic (exact) mass is 246 g/mol. The molecule has 0 amide bonds. The van der Waals surface area contributed by atoms with Gasteiger partial charge in [0.1, 0.15) is 0 Å². The Morgan fingerprint density at radius 2 is 1.72 bits per heavy atom. The summed E-state index contributed by atoms with van der Waals surface area (Å²) in [7, 11) is 0. The first-order valence-corrected chi connectivity index (χ1v) is 6.91. The van der Waals surface area contributed by atoms with Crippen LogP contribution < -0.4 is 0 Å². The highest BCUT2D eigenvalue weighted by molar-refractivity contribution is 5.31. The third kappa shape index (κ3) is 2.74. The van der Waals surface area contributed by atoms with Gasteiger partial charge >= 0.3 is 0 Å². The molecule has 0 saturated heterocycles. The summed E-state index contributed by atoms with van der Waals surface area (Å²) in [5.74, 6) is 0. The summed E-state index contributed by atoms with van der Waals surface area (Å²) in [6, 6.07) is 2.31. The molecule has 1 aliphatic heterocycles. The van der Waals surface area contributed by atoms with Gasteiger partial charge in [-0.15, -0.1) is 0 Å². The number of hydrogen-bond donors (Lipinski definition) is 0. The zero-order chi connectivity index (χ0) is 13.6. The molecule has 0 saturated carbocycles. The predicted octanol–water partition coefficient (Wildman–Crippen LogP) is 3.54. The van der Waals surface area contributed by atoms with Crippen molar-refractivity contribution in [2.45, 2.75) is 65.5 Å². The highest BCUT2D eigenvalue weighted by Crippen LogP contribution is 2.28. The summed E-state index contributed by atoms with van der Waals surface area (Å²) < 4.78 is 0. The molecule has 0 unspecified atom stereocenters. The molecule has 1 aromatic heterocycles. The number of nitrogens with zero attached hydrogens (tertiary/aromatic N) is 2. The van der Waals surface area contributed by atoms with Crippen molar-refractivity contribution in [3.8, 4) is 0 Å². The lowest BCUT2D eigenvalue weighted by Gasteiger charge is -2.39. The van der Waals surface area contributed by atoms with Crippen LogP contribution in [0.15, 0.2) is 12.3 Å². The summed E-state index contributed by atoms with van der Waals surface area (Å²) >= 11 is 0. The van der Waals surface area contributed by atoms with Gasteiger partial charge in [-0.05, 0) is 44.4 Å². The van der Waals surface area contributed by atoms with Gasteiger partial charge in [0.2, 0.25) is 0 Å². The van der Waals surface area contributed by atoms with Crippen LogP contribution in [0.1, 0.15) is 58.4 Å². The second-order valence-electron chi connectivity index (χ2n) is 7.43. The normalized spacial score (nSPS) is 17.7. The van der Waals surface area contributed by atoms with Crippen molar-refractivity contribution in [2.75, 3.05) is 6.54 Å². The molecular weight excluding hydrogens is 220 g/mol. The van der Waals surface area contributed by atoms with Crippen LogP contribution >= 0.6 is 0 Å². The summed E-state index contributed by atoms with van der Waals surface area (Å²) in [4.78, 5) is 7.19. The van der Waals surface area contributed by atoms with E-state index in [4.69, 9.17) is 0 Å². The second kappa shape index (κ2) is 4.34. The highest BCUT2D eigenvalue weighted by atomic mass is 15.2.